The Labute approximate surface area is 102 Å². The molecule has 3 heteroatoms. The van der Waals surface area contributed by atoms with Crippen LogP contribution in [0.3, 0.4) is 0 Å². The molecule has 1 aromatic rings. The lowest BCUT2D eigenvalue weighted by Gasteiger charge is -2.20. The molecule has 2 nitrogen and oxygen atoms in total. The average Bonchev–Trinajstić information content (AvgIpc) is 2.29. The van der Waals surface area contributed by atoms with Gasteiger partial charge in [-0.05, 0) is 31.0 Å². The summed E-state index contributed by atoms with van der Waals surface area (Å²) in [7, 11) is 0. The standard InChI is InChI=1S/C13H17ClN2/c1-3-13(8-9-15)16-10(2)11-4-6-12(14)7-5-11/h4-7,10,13,16H,3,8H2,1-2H3/t10-,13?/m1/s1. The van der Waals surface area contributed by atoms with E-state index in [0.717, 1.165) is 11.4 Å². The Morgan fingerprint density at radius 3 is 2.50 bits per heavy atom. The first-order chi connectivity index (χ1) is 7.67. The highest BCUT2D eigenvalue weighted by Gasteiger charge is 2.11. The summed E-state index contributed by atoms with van der Waals surface area (Å²) in [6.07, 6.45) is 1.51. The molecule has 16 heavy (non-hydrogen) atoms. The van der Waals surface area contributed by atoms with Crippen LogP contribution in [0.25, 0.3) is 0 Å². The summed E-state index contributed by atoms with van der Waals surface area (Å²) in [6.45, 7) is 4.19. The van der Waals surface area contributed by atoms with E-state index in [4.69, 9.17) is 16.9 Å². The number of nitrogens with zero attached hydrogens (tertiary/aromatic N) is 1. The van der Waals surface area contributed by atoms with Crippen LogP contribution in [0.4, 0.5) is 0 Å². The Morgan fingerprint density at radius 1 is 1.38 bits per heavy atom. The predicted molar refractivity (Wildman–Crippen MR) is 67.3 cm³/mol. The van der Waals surface area contributed by atoms with Gasteiger partial charge in [0.1, 0.15) is 0 Å². The van der Waals surface area contributed by atoms with E-state index in [9.17, 15) is 0 Å². The minimum Gasteiger partial charge on any atom is -0.306 e. The van der Waals surface area contributed by atoms with Crippen molar-refractivity contribution in [2.75, 3.05) is 0 Å². The number of nitriles is 1. The Kier molecular flexibility index (Phi) is 5.31. The molecule has 0 aromatic heterocycles. The van der Waals surface area contributed by atoms with Crippen LogP contribution in [0.1, 0.15) is 38.3 Å². The SMILES string of the molecule is CCC(CC#N)N[C@H](C)c1ccc(Cl)cc1. The number of hydrogen-bond donors (Lipinski definition) is 1. The molecule has 0 bridgehead atoms. The monoisotopic (exact) mass is 236 g/mol. The molecular formula is C13H17ClN2. The van der Waals surface area contributed by atoms with Crippen molar-refractivity contribution >= 4 is 11.6 Å². The van der Waals surface area contributed by atoms with Crippen molar-refractivity contribution in [3.8, 4) is 6.07 Å². The smallest absolute Gasteiger partial charge is 0.0638 e. The van der Waals surface area contributed by atoms with Gasteiger partial charge in [-0.1, -0.05) is 30.7 Å². The molecule has 0 saturated heterocycles. The van der Waals surface area contributed by atoms with Crippen LogP contribution in [0.5, 0.6) is 0 Å². The van der Waals surface area contributed by atoms with E-state index >= 15 is 0 Å². The Balaban J connectivity index is 2.60. The maximum absolute atomic E-state index is 8.68. The van der Waals surface area contributed by atoms with Crippen molar-refractivity contribution in [1.29, 1.82) is 5.26 Å². The molecule has 0 spiro atoms. The summed E-state index contributed by atoms with van der Waals surface area (Å²) >= 11 is 5.84. The molecule has 0 aliphatic carbocycles. The van der Waals surface area contributed by atoms with E-state index in [-0.39, 0.29) is 12.1 Å². The van der Waals surface area contributed by atoms with Crippen molar-refractivity contribution in [3.05, 3.63) is 34.9 Å². The largest absolute Gasteiger partial charge is 0.306 e. The van der Waals surface area contributed by atoms with E-state index in [1.54, 1.807) is 0 Å². The Bertz CT molecular complexity index is 353. The van der Waals surface area contributed by atoms with Gasteiger partial charge in [0.05, 0.1) is 12.5 Å². The zero-order chi connectivity index (χ0) is 12.0. The summed E-state index contributed by atoms with van der Waals surface area (Å²) in [5, 5.41) is 12.9. The normalized spacial score (nSPS) is 14.1. The van der Waals surface area contributed by atoms with Gasteiger partial charge in [0.2, 0.25) is 0 Å². The minimum absolute atomic E-state index is 0.246. The third-order valence-electron chi connectivity index (χ3n) is 2.69. The molecule has 1 rings (SSSR count). The van der Waals surface area contributed by atoms with E-state index < -0.39 is 0 Å². The molecule has 1 aromatic carbocycles. The van der Waals surface area contributed by atoms with Gasteiger partial charge in [0, 0.05) is 17.1 Å². The van der Waals surface area contributed by atoms with Gasteiger partial charge in [-0.2, -0.15) is 5.26 Å². The zero-order valence-corrected chi connectivity index (χ0v) is 10.5. The fourth-order valence-electron chi connectivity index (χ4n) is 1.63. The quantitative estimate of drug-likeness (QED) is 0.847. The van der Waals surface area contributed by atoms with E-state index in [1.165, 1.54) is 5.56 Å². The highest BCUT2D eigenvalue weighted by atomic mass is 35.5. The second kappa shape index (κ2) is 6.52. The molecule has 0 aliphatic rings. The first-order valence-corrected chi connectivity index (χ1v) is 5.93. The lowest BCUT2D eigenvalue weighted by Crippen LogP contribution is -2.30. The van der Waals surface area contributed by atoms with Crippen molar-refractivity contribution in [1.82, 2.24) is 5.32 Å². The molecule has 0 aliphatic heterocycles. The number of hydrogen-bond acceptors (Lipinski definition) is 2. The van der Waals surface area contributed by atoms with Crippen LogP contribution >= 0.6 is 11.6 Å². The lowest BCUT2D eigenvalue weighted by molar-refractivity contribution is 0.448. The van der Waals surface area contributed by atoms with E-state index in [2.05, 4.69) is 25.2 Å². The summed E-state index contributed by atoms with van der Waals surface area (Å²) in [5.41, 5.74) is 1.20. The zero-order valence-electron chi connectivity index (χ0n) is 9.70. The van der Waals surface area contributed by atoms with Crippen molar-refractivity contribution < 1.29 is 0 Å². The second-order valence-corrected chi connectivity index (χ2v) is 4.34. The third-order valence-corrected chi connectivity index (χ3v) is 2.94. The fraction of sp³-hybridized carbons (Fsp3) is 0.462. The Hall–Kier alpha value is -1.04. The molecule has 2 atom stereocenters. The van der Waals surface area contributed by atoms with Gasteiger partial charge < -0.3 is 5.32 Å². The van der Waals surface area contributed by atoms with Crippen LogP contribution in [0.15, 0.2) is 24.3 Å². The van der Waals surface area contributed by atoms with Crippen molar-refractivity contribution in [3.63, 3.8) is 0 Å². The van der Waals surface area contributed by atoms with Crippen LogP contribution in [0, 0.1) is 11.3 Å². The van der Waals surface area contributed by atoms with Gasteiger partial charge in [0.15, 0.2) is 0 Å². The molecule has 0 amide bonds. The summed E-state index contributed by atoms with van der Waals surface area (Å²) in [4.78, 5) is 0. The van der Waals surface area contributed by atoms with Gasteiger partial charge in [-0.3, -0.25) is 0 Å². The van der Waals surface area contributed by atoms with Crippen molar-refractivity contribution in [2.24, 2.45) is 0 Å². The van der Waals surface area contributed by atoms with E-state index in [0.29, 0.717) is 6.42 Å². The van der Waals surface area contributed by atoms with Gasteiger partial charge in [-0.15, -0.1) is 0 Å². The fourth-order valence-corrected chi connectivity index (χ4v) is 1.76. The number of nitrogens with one attached hydrogen (secondary N) is 1. The molecular weight excluding hydrogens is 220 g/mol. The van der Waals surface area contributed by atoms with Crippen molar-refractivity contribution in [2.45, 2.75) is 38.8 Å². The highest BCUT2D eigenvalue weighted by Crippen LogP contribution is 2.17. The first kappa shape index (κ1) is 13.0. The molecule has 0 radical (unpaired) electrons. The molecule has 0 heterocycles. The third kappa shape index (κ3) is 3.84. The van der Waals surface area contributed by atoms with Crippen LogP contribution < -0.4 is 5.32 Å². The molecule has 0 saturated carbocycles. The van der Waals surface area contributed by atoms with E-state index in [1.807, 2.05) is 24.3 Å². The second-order valence-electron chi connectivity index (χ2n) is 3.91. The predicted octanol–water partition coefficient (Wildman–Crippen LogP) is 3.68. The molecule has 1 unspecified atom stereocenters. The van der Waals surface area contributed by atoms with Gasteiger partial charge in [-0.25, -0.2) is 0 Å². The molecule has 1 N–H and O–H groups in total. The first-order valence-electron chi connectivity index (χ1n) is 5.55. The van der Waals surface area contributed by atoms with Gasteiger partial charge >= 0.3 is 0 Å². The summed E-state index contributed by atoms with van der Waals surface area (Å²) < 4.78 is 0. The number of rotatable bonds is 5. The van der Waals surface area contributed by atoms with Crippen LogP contribution in [-0.4, -0.2) is 6.04 Å². The highest BCUT2D eigenvalue weighted by molar-refractivity contribution is 6.30. The van der Waals surface area contributed by atoms with Gasteiger partial charge in [0.25, 0.3) is 0 Å². The van der Waals surface area contributed by atoms with Crippen LogP contribution in [-0.2, 0) is 0 Å². The Morgan fingerprint density at radius 2 is 2.00 bits per heavy atom. The number of benzene rings is 1. The van der Waals surface area contributed by atoms with Crippen LogP contribution in [0.2, 0.25) is 5.02 Å². The number of halogens is 1. The lowest BCUT2D eigenvalue weighted by atomic mass is 10.1. The summed E-state index contributed by atoms with van der Waals surface area (Å²) in [6, 6.07) is 10.5. The summed E-state index contributed by atoms with van der Waals surface area (Å²) in [5.74, 6) is 0. The molecule has 0 fully saturated rings. The maximum atomic E-state index is 8.68. The maximum Gasteiger partial charge on any atom is 0.0638 e. The topological polar surface area (TPSA) is 35.8 Å². The average molecular weight is 237 g/mol. The molecule has 86 valence electrons. The minimum atomic E-state index is 0.246.